The first-order valence-electron chi connectivity index (χ1n) is 9.62. The predicted molar refractivity (Wildman–Crippen MR) is 118 cm³/mol. The van der Waals surface area contributed by atoms with E-state index in [9.17, 15) is 10.1 Å². The van der Waals surface area contributed by atoms with Crippen LogP contribution >= 0.6 is 0 Å². The smallest absolute Gasteiger partial charge is 0.270 e. The topological polar surface area (TPSA) is 86.0 Å². The van der Waals surface area contributed by atoms with E-state index >= 15 is 0 Å². The van der Waals surface area contributed by atoms with Gasteiger partial charge in [-0.15, -0.1) is 0 Å². The number of hydrogen-bond acceptors (Lipinski definition) is 4. The highest BCUT2D eigenvalue weighted by Crippen LogP contribution is 2.32. The molecule has 0 saturated carbocycles. The number of nitro groups is 1. The molecule has 29 heavy (non-hydrogen) atoms. The first kappa shape index (κ1) is 19.3. The molecule has 0 amide bonds. The summed E-state index contributed by atoms with van der Waals surface area (Å²) in [7, 11) is -1.17. The van der Waals surface area contributed by atoms with Gasteiger partial charge in [0.25, 0.3) is 5.69 Å². The maximum atomic E-state index is 11.3. The molecular formula is C21H24N4O3Si. The fourth-order valence-corrected chi connectivity index (χ4v) is 4.08. The number of non-ortho nitro benzene ring substituents is 1. The summed E-state index contributed by atoms with van der Waals surface area (Å²) < 4.78 is 7.68. The fourth-order valence-electron chi connectivity index (χ4n) is 3.32. The molecule has 0 aliphatic carbocycles. The molecule has 4 rings (SSSR count). The van der Waals surface area contributed by atoms with Crippen LogP contribution in [0.2, 0.25) is 25.7 Å². The molecule has 0 radical (unpaired) electrons. The minimum Gasteiger partial charge on any atom is -0.361 e. The van der Waals surface area contributed by atoms with Crippen molar-refractivity contribution in [3.8, 4) is 11.3 Å². The molecule has 0 bridgehead atoms. The third-order valence-corrected chi connectivity index (χ3v) is 6.69. The third-order valence-electron chi connectivity index (χ3n) is 4.98. The van der Waals surface area contributed by atoms with Crippen LogP contribution in [0.4, 0.5) is 5.69 Å². The number of nitrogens with zero attached hydrogens (tertiary/aromatic N) is 3. The van der Waals surface area contributed by atoms with Gasteiger partial charge in [-0.25, -0.2) is 4.68 Å². The summed E-state index contributed by atoms with van der Waals surface area (Å²) in [6, 6.07) is 14.0. The fraction of sp³-hybridized carbons (Fsp3) is 0.286. The zero-order chi connectivity index (χ0) is 20.6. The van der Waals surface area contributed by atoms with Crippen molar-refractivity contribution in [2.24, 2.45) is 0 Å². The number of hydrogen-bond donors (Lipinski definition) is 1. The quantitative estimate of drug-likeness (QED) is 0.192. The first-order valence-corrected chi connectivity index (χ1v) is 13.3. The van der Waals surface area contributed by atoms with Gasteiger partial charge >= 0.3 is 0 Å². The van der Waals surface area contributed by atoms with E-state index in [1.807, 2.05) is 30.5 Å². The zero-order valence-electron chi connectivity index (χ0n) is 16.8. The van der Waals surface area contributed by atoms with Gasteiger partial charge < -0.3 is 9.72 Å². The number of rotatable bonds is 7. The Bertz CT molecular complexity index is 1190. The number of aromatic nitrogens is 3. The molecular weight excluding hydrogens is 384 g/mol. The van der Waals surface area contributed by atoms with Crippen molar-refractivity contribution in [1.82, 2.24) is 14.8 Å². The van der Waals surface area contributed by atoms with E-state index in [1.165, 1.54) is 6.07 Å². The molecule has 0 fully saturated rings. The van der Waals surface area contributed by atoms with Crippen LogP contribution in [0.1, 0.15) is 0 Å². The average molecular weight is 409 g/mol. The van der Waals surface area contributed by atoms with Gasteiger partial charge in [0.15, 0.2) is 0 Å². The second-order valence-electron chi connectivity index (χ2n) is 8.43. The molecule has 0 atom stereocenters. The van der Waals surface area contributed by atoms with Gasteiger partial charge in [0.2, 0.25) is 0 Å². The molecule has 2 aromatic carbocycles. The van der Waals surface area contributed by atoms with E-state index in [-0.39, 0.29) is 10.6 Å². The summed E-state index contributed by atoms with van der Waals surface area (Å²) in [6.07, 6.45) is 1.89. The Morgan fingerprint density at radius 3 is 2.76 bits per heavy atom. The van der Waals surface area contributed by atoms with Crippen molar-refractivity contribution in [3.05, 3.63) is 58.8 Å². The van der Waals surface area contributed by atoms with E-state index in [0.29, 0.717) is 13.3 Å². The van der Waals surface area contributed by atoms with Gasteiger partial charge in [-0.05, 0) is 30.3 Å². The molecule has 1 N–H and O–H groups in total. The van der Waals surface area contributed by atoms with Crippen molar-refractivity contribution in [2.45, 2.75) is 32.4 Å². The van der Waals surface area contributed by atoms with Gasteiger partial charge in [0.05, 0.1) is 10.4 Å². The Morgan fingerprint density at radius 2 is 2.00 bits per heavy atom. The van der Waals surface area contributed by atoms with Crippen LogP contribution in [0.5, 0.6) is 0 Å². The second kappa shape index (κ2) is 7.45. The normalized spacial score (nSPS) is 12.1. The number of benzene rings is 2. The van der Waals surface area contributed by atoms with Gasteiger partial charge in [0, 0.05) is 54.9 Å². The molecule has 7 nitrogen and oxygen atoms in total. The lowest BCUT2D eigenvalue weighted by molar-refractivity contribution is -0.384. The highest BCUT2D eigenvalue weighted by molar-refractivity contribution is 6.76. The Hall–Kier alpha value is -2.97. The standard InChI is InChI=1S/C21H24N4O3Si/c1-29(2,3)11-10-28-14-24-20-7-5-17(25(26)27)13-18(20)21(23-24)16-4-6-19-15(12-16)8-9-22-19/h4-9,12-13,22H,10-11,14H2,1-3H3. The monoisotopic (exact) mass is 408 g/mol. The molecule has 0 spiro atoms. The largest absolute Gasteiger partial charge is 0.361 e. The number of nitrogens with one attached hydrogen (secondary N) is 1. The Morgan fingerprint density at radius 1 is 1.17 bits per heavy atom. The zero-order valence-corrected chi connectivity index (χ0v) is 17.8. The Kier molecular flexibility index (Phi) is 4.97. The molecule has 0 saturated heterocycles. The average Bonchev–Trinajstić information content (AvgIpc) is 3.28. The lowest BCUT2D eigenvalue weighted by atomic mass is 10.1. The maximum absolute atomic E-state index is 11.3. The van der Waals surface area contributed by atoms with Gasteiger partial charge in [-0.3, -0.25) is 10.1 Å². The summed E-state index contributed by atoms with van der Waals surface area (Å²) in [6.45, 7) is 7.95. The van der Waals surface area contributed by atoms with Gasteiger partial charge in [-0.2, -0.15) is 5.10 Å². The number of fused-ring (bicyclic) bond motifs is 2. The number of nitro benzene ring substituents is 1. The van der Waals surface area contributed by atoms with Crippen molar-refractivity contribution >= 4 is 35.6 Å². The first-order chi connectivity index (χ1) is 13.8. The lowest BCUT2D eigenvalue weighted by Crippen LogP contribution is -2.22. The number of ether oxygens (including phenoxy) is 1. The summed E-state index contributed by atoms with van der Waals surface area (Å²) in [5.41, 5.74) is 3.57. The minimum absolute atomic E-state index is 0.0562. The molecule has 2 heterocycles. The van der Waals surface area contributed by atoms with Crippen LogP contribution in [-0.2, 0) is 11.5 Å². The van der Waals surface area contributed by atoms with Crippen molar-refractivity contribution in [3.63, 3.8) is 0 Å². The highest BCUT2D eigenvalue weighted by atomic mass is 28.3. The van der Waals surface area contributed by atoms with Gasteiger partial charge in [-0.1, -0.05) is 25.7 Å². The van der Waals surface area contributed by atoms with Crippen molar-refractivity contribution in [2.75, 3.05) is 6.61 Å². The predicted octanol–water partition coefficient (Wildman–Crippen LogP) is 5.41. The maximum Gasteiger partial charge on any atom is 0.270 e. The summed E-state index contributed by atoms with van der Waals surface area (Å²) in [5.74, 6) is 0. The highest BCUT2D eigenvalue weighted by Gasteiger charge is 2.17. The van der Waals surface area contributed by atoms with Crippen LogP contribution in [0.15, 0.2) is 48.7 Å². The van der Waals surface area contributed by atoms with Crippen molar-refractivity contribution in [1.29, 1.82) is 0 Å². The van der Waals surface area contributed by atoms with E-state index < -0.39 is 8.07 Å². The molecule has 2 aromatic heterocycles. The van der Waals surface area contributed by atoms with E-state index in [4.69, 9.17) is 9.84 Å². The number of H-pyrrole nitrogens is 1. The van der Waals surface area contributed by atoms with Crippen LogP contribution in [-0.4, -0.2) is 34.4 Å². The van der Waals surface area contributed by atoms with E-state index in [0.717, 1.165) is 39.1 Å². The van der Waals surface area contributed by atoms with Crippen LogP contribution < -0.4 is 0 Å². The summed E-state index contributed by atoms with van der Waals surface area (Å²) in [5, 5.41) is 17.9. The third kappa shape index (κ3) is 4.08. The van der Waals surface area contributed by atoms with Crippen LogP contribution in [0.25, 0.3) is 33.1 Å². The molecule has 8 heteroatoms. The lowest BCUT2D eigenvalue weighted by Gasteiger charge is -2.15. The summed E-state index contributed by atoms with van der Waals surface area (Å²) >= 11 is 0. The molecule has 150 valence electrons. The Balaban J connectivity index is 1.73. The summed E-state index contributed by atoms with van der Waals surface area (Å²) in [4.78, 5) is 14.1. The van der Waals surface area contributed by atoms with Crippen molar-refractivity contribution < 1.29 is 9.66 Å². The molecule has 0 aliphatic heterocycles. The molecule has 0 aliphatic rings. The van der Waals surface area contributed by atoms with E-state index in [2.05, 4.69) is 24.6 Å². The van der Waals surface area contributed by atoms with Gasteiger partial charge in [0.1, 0.15) is 12.4 Å². The van der Waals surface area contributed by atoms with Crippen LogP contribution in [0, 0.1) is 10.1 Å². The van der Waals surface area contributed by atoms with Crippen LogP contribution in [0.3, 0.4) is 0 Å². The van der Waals surface area contributed by atoms with E-state index in [1.54, 1.807) is 16.8 Å². The molecule has 4 aromatic rings. The molecule has 0 unspecified atom stereocenters. The SMILES string of the molecule is C[Si](C)(C)CCOCn1nc(-c2ccc3[nH]ccc3c2)c2cc([N+](=O)[O-])ccc21. The Labute approximate surface area is 169 Å². The number of aromatic amines is 1. The minimum atomic E-state index is -1.17. The second-order valence-corrected chi connectivity index (χ2v) is 14.1.